The van der Waals surface area contributed by atoms with Gasteiger partial charge in [-0.05, 0) is 48.4 Å². The zero-order chi connectivity index (χ0) is 26.0. The normalized spacial score (nSPS) is 12.2. The van der Waals surface area contributed by atoms with Gasteiger partial charge in [0.2, 0.25) is 0 Å². The lowest BCUT2D eigenvalue weighted by atomic mass is 9.98. The summed E-state index contributed by atoms with van der Waals surface area (Å²) in [5.74, 6) is -2.02. The monoisotopic (exact) mass is 497 g/mol. The Morgan fingerprint density at radius 3 is 2.39 bits per heavy atom. The molecule has 0 bridgehead atoms. The van der Waals surface area contributed by atoms with Gasteiger partial charge in [0, 0.05) is 22.7 Å². The van der Waals surface area contributed by atoms with Crippen LogP contribution in [0.1, 0.15) is 12.5 Å². The molecule has 0 radical (unpaired) electrons. The molecule has 184 valence electrons. The maximum absolute atomic E-state index is 14.0. The fourth-order valence-corrected chi connectivity index (χ4v) is 3.74. The van der Waals surface area contributed by atoms with E-state index in [1.54, 1.807) is 30.3 Å². The number of hydrogen-bond acceptors (Lipinski definition) is 5. The minimum atomic E-state index is -4.81. The van der Waals surface area contributed by atoms with Gasteiger partial charge < -0.3 is 20.6 Å². The Balaban J connectivity index is 1.79. The number of benzene rings is 3. The highest BCUT2D eigenvalue weighted by atomic mass is 19.4. The molecule has 0 aliphatic carbocycles. The summed E-state index contributed by atoms with van der Waals surface area (Å²) in [6, 6.07) is 15.2. The molecule has 0 saturated carbocycles. The van der Waals surface area contributed by atoms with E-state index in [0.29, 0.717) is 33.3 Å². The van der Waals surface area contributed by atoms with Crippen molar-refractivity contribution in [1.82, 2.24) is 4.98 Å². The molecule has 1 aromatic heterocycles. The van der Waals surface area contributed by atoms with E-state index in [-0.39, 0.29) is 17.0 Å². The standard InChI is InChI=1S/C26H19F4N3O3/c1-14(25(34)35)32-24-20-12-18(27)9-10-22(20)33-23(21(24)13-31)16-7-5-15(6-8-16)17-3-2-4-19(11-17)36-26(28,29)30/h2-14,31H,1H3,(H,32,33)(H,34,35)/t14-/m1/s1. The summed E-state index contributed by atoms with van der Waals surface area (Å²) in [7, 11) is 0. The zero-order valence-corrected chi connectivity index (χ0v) is 18.7. The van der Waals surface area contributed by atoms with E-state index >= 15 is 0 Å². The zero-order valence-electron chi connectivity index (χ0n) is 18.7. The van der Waals surface area contributed by atoms with E-state index in [9.17, 15) is 27.5 Å². The number of nitrogens with zero attached hydrogens (tertiary/aromatic N) is 1. The van der Waals surface area contributed by atoms with Crippen LogP contribution in [0, 0.1) is 11.2 Å². The molecule has 4 rings (SSSR count). The molecule has 1 atom stereocenters. The van der Waals surface area contributed by atoms with Crippen LogP contribution < -0.4 is 10.1 Å². The molecule has 0 amide bonds. The molecule has 36 heavy (non-hydrogen) atoms. The van der Waals surface area contributed by atoms with E-state index in [1.807, 2.05) is 0 Å². The van der Waals surface area contributed by atoms with Gasteiger partial charge in [0.25, 0.3) is 0 Å². The number of anilines is 1. The Morgan fingerprint density at radius 1 is 1.06 bits per heavy atom. The number of alkyl halides is 3. The number of hydrogen-bond donors (Lipinski definition) is 3. The number of carboxylic acids is 1. The van der Waals surface area contributed by atoms with Crippen molar-refractivity contribution in [1.29, 1.82) is 5.41 Å². The second-order valence-corrected chi connectivity index (χ2v) is 7.91. The van der Waals surface area contributed by atoms with Crippen molar-refractivity contribution in [3.63, 3.8) is 0 Å². The summed E-state index contributed by atoms with van der Waals surface area (Å²) in [4.78, 5) is 16.0. The van der Waals surface area contributed by atoms with Crippen molar-refractivity contribution < 1.29 is 32.2 Å². The first-order valence-electron chi connectivity index (χ1n) is 10.7. The topological polar surface area (TPSA) is 95.3 Å². The molecule has 3 N–H and O–H groups in total. The molecule has 1 heterocycles. The Hall–Kier alpha value is -4.47. The Bertz CT molecular complexity index is 1450. The van der Waals surface area contributed by atoms with Gasteiger partial charge in [0.05, 0.1) is 16.9 Å². The molecular formula is C26H19F4N3O3. The van der Waals surface area contributed by atoms with Crippen LogP contribution in [0.25, 0.3) is 33.3 Å². The lowest BCUT2D eigenvalue weighted by molar-refractivity contribution is -0.274. The van der Waals surface area contributed by atoms with E-state index < -0.39 is 24.2 Å². The molecule has 0 aliphatic rings. The van der Waals surface area contributed by atoms with Crippen molar-refractivity contribution in [3.05, 3.63) is 78.1 Å². The summed E-state index contributed by atoms with van der Waals surface area (Å²) in [6.07, 6.45) is -3.80. The molecule has 0 fully saturated rings. The minimum Gasteiger partial charge on any atom is -0.480 e. The van der Waals surface area contributed by atoms with Gasteiger partial charge in [0.1, 0.15) is 17.6 Å². The van der Waals surface area contributed by atoms with E-state index in [1.165, 1.54) is 43.3 Å². The number of nitrogens with one attached hydrogen (secondary N) is 2. The lowest BCUT2D eigenvalue weighted by Gasteiger charge is -2.19. The highest BCUT2D eigenvalue weighted by Gasteiger charge is 2.31. The van der Waals surface area contributed by atoms with Crippen LogP contribution in [-0.4, -0.2) is 34.7 Å². The number of aliphatic carboxylic acids is 1. The number of rotatable bonds is 7. The minimum absolute atomic E-state index is 0.250. The largest absolute Gasteiger partial charge is 0.573 e. The summed E-state index contributed by atoms with van der Waals surface area (Å²) in [5.41, 5.74) is 2.92. The summed E-state index contributed by atoms with van der Waals surface area (Å²) >= 11 is 0. The van der Waals surface area contributed by atoms with Gasteiger partial charge in [-0.2, -0.15) is 0 Å². The van der Waals surface area contributed by atoms with Crippen LogP contribution in [-0.2, 0) is 4.79 Å². The molecular weight excluding hydrogens is 478 g/mol. The van der Waals surface area contributed by atoms with E-state index in [0.717, 1.165) is 6.21 Å². The smallest absolute Gasteiger partial charge is 0.480 e. The fourth-order valence-electron chi connectivity index (χ4n) is 3.74. The van der Waals surface area contributed by atoms with Gasteiger partial charge in [-0.15, -0.1) is 13.2 Å². The molecule has 10 heteroatoms. The number of carbonyl (C=O) groups is 1. The van der Waals surface area contributed by atoms with Crippen LogP contribution >= 0.6 is 0 Å². The van der Waals surface area contributed by atoms with Gasteiger partial charge in [-0.1, -0.05) is 36.4 Å². The third kappa shape index (κ3) is 5.27. The van der Waals surface area contributed by atoms with Gasteiger partial charge >= 0.3 is 12.3 Å². The Labute approximate surface area is 202 Å². The summed E-state index contributed by atoms with van der Waals surface area (Å²) < 4.78 is 55.7. The van der Waals surface area contributed by atoms with Crippen molar-refractivity contribution in [2.45, 2.75) is 19.3 Å². The average molecular weight is 497 g/mol. The number of fused-ring (bicyclic) bond motifs is 1. The van der Waals surface area contributed by atoms with Crippen molar-refractivity contribution in [2.75, 3.05) is 5.32 Å². The number of pyridine rings is 1. The third-order valence-electron chi connectivity index (χ3n) is 5.42. The average Bonchev–Trinajstić information content (AvgIpc) is 2.83. The molecule has 4 aromatic rings. The molecule has 0 spiro atoms. The fraction of sp³-hybridized carbons (Fsp3) is 0.115. The maximum Gasteiger partial charge on any atom is 0.573 e. The first kappa shape index (κ1) is 24.6. The van der Waals surface area contributed by atoms with E-state index in [2.05, 4.69) is 15.0 Å². The number of carboxylic acid groups (broad SMARTS) is 1. The van der Waals surface area contributed by atoms with Crippen LogP contribution in [0.4, 0.5) is 23.2 Å². The SMILES string of the molecule is C[C@@H](Nc1c(C=N)c(-c2ccc(-c3cccc(OC(F)(F)F)c3)cc2)nc2ccc(F)cc12)C(=O)O. The number of halogens is 4. The van der Waals surface area contributed by atoms with E-state index in [4.69, 9.17) is 5.41 Å². The molecule has 3 aromatic carbocycles. The van der Waals surface area contributed by atoms with Crippen molar-refractivity contribution >= 4 is 28.8 Å². The highest BCUT2D eigenvalue weighted by Crippen LogP contribution is 2.35. The van der Waals surface area contributed by atoms with Crippen LogP contribution in [0.5, 0.6) is 5.75 Å². The first-order chi connectivity index (χ1) is 17.1. The highest BCUT2D eigenvalue weighted by molar-refractivity contribution is 6.06. The van der Waals surface area contributed by atoms with Crippen LogP contribution in [0.2, 0.25) is 0 Å². The molecule has 0 saturated heterocycles. The van der Waals surface area contributed by atoms with Gasteiger partial charge in [0.15, 0.2) is 0 Å². The summed E-state index contributed by atoms with van der Waals surface area (Å²) in [5, 5.41) is 20.5. The molecule has 6 nitrogen and oxygen atoms in total. The lowest BCUT2D eigenvalue weighted by Crippen LogP contribution is -2.26. The molecule has 0 aliphatic heterocycles. The van der Waals surface area contributed by atoms with Gasteiger partial charge in [-0.25, -0.2) is 9.37 Å². The quantitative estimate of drug-likeness (QED) is 0.200. The van der Waals surface area contributed by atoms with Crippen LogP contribution in [0.15, 0.2) is 66.7 Å². The number of aromatic nitrogens is 1. The Morgan fingerprint density at radius 2 is 1.75 bits per heavy atom. The molecule has 0 unspecified atom stereocenters. The van der Waals surface area contributed by atoms with Crippen LogP contribution in [0.3, 0.4) is 0 Å². The summed E-state index contributed by atoms with van der Waals surface area (Å²) in [6.45, 7) is 1.42. The first-order valence-corrected chi connectivity index (χ1v) is 10.7. The second kappa shape index (κ2) is 9.65. The number of ether oxygens (including phenoxy) is 1. The van der Waals surface area contributed by atoms with Gasteiger partial charge in [-0.3, -0.25) is 4.79 Å². The predicted octanol–water partition coefficient (Wildman–Crippen LogP) is 6.49. The maximum atomic E-state index is 14.0. The Kier molecular flexibility index (Phi) is 6.61. The van der Waals surface area contributed by atoms with Crippen molar-refractivity contribution in [3.8, 4) is 28.1 Å². The van der Waals surface area contributed by atoms with Crippen molar-refractivity contribution in [2.24, 2.45) is 0 Å². The predicted molar refractivity (Wildman–Crippen MR) is 128 cm³/mol. The third-order valence-corrected chi connectivity index (χ3v) is 5.42. The second-order valence-electron chi connectivity index (χ2n) is 7.91.